The zero-order valence-electron chi connectivity index (χ0n) is 11.2. The summed E-state index contributed by atoms with van der Waals surface area (Å²) in [6, 6.07) is 4.59. The van der Waals surface area contributed by atoms with Crippen LogP contribution in [0.5, 0.6) is 0 Å². The van der Waals surface area contributed by atoms with Gasteiger partial charge >= 0.3 is 0 Å². The predicted octanol–water partition coefficient (Wildman–Crippen LogP) is 1.14. The zero-order chi connectivity index (χ0) is 14.5. The first-order valence-electron chi connectivity index (χ1n) is 6.05. The zero-order valence-corrected chi connectivity index (χ0v) is 12.0. The first-order chi connectivity index (χ1) is 8.86. The first-order valence-corrected chi connectivity index (χ1v) is 7.60. The van der Waals surface area contributed by atoms with E-state index in [2.05, 4.69) is 12.2 Å². The van der Waals surface area contributed by atoms with Gasteiger partial charge in [0.1, 0.15) is 0 Å². The average molecular weight is 287 g/mol. The van der Waals surface area contributed by atoms with Crippen molar-refractivity contribution in [3.8, 4) is 0 Å². The fourth-order valence-electron chi connectivity index (χ4n) is 1.85. The number of anilines is 2. The van der Waals surface area contributed by atoms with Gasteiger partial charge in [0.05, 0.1) is 11.5 Å². The van der Waals surface area contributed by atoms with Crippen molar-refractivity contribution in [2.24, 2.45) is 5.14 Å². The normalized spacial score (nSPS) is 13.2. The number of ether oxygens (including phenoxy) is 1. The molecule has 1 unspecified atom stereocenters. The molecule has 5 N–H and O–H groups in total. The molecule has 1 aromatic rings. The Balaban J connectivity index is 2.97. The van der Waals surface area contributed by atoms with Crippen LogP contribution in [0.1, 0.15) is 19.8 Å². The first kappa shape index (κ1) is 15.7. The lowest BCUT2D eigenvalue weighted by atomic mass is 10.1. The van der Waals surface area contributed by atoms with Crippen LogP contribution in [-0.2, 0) is 14.8 Å². The molecule has 7 heteroatoms. The van der Waals surface area contributed by atoms with Crippen molar-refractivity contribution < 1.29 is 13.2 Å². The van der Waals surface area contributed by atoms with Crippen LogP contribution in [0.2, 0.25) is 0 Å². The van der Waals surface area contributed by atoms with Gasteiger partial charge in [0, 0.05) is 24.5 Å². The molecule has 0 saturated carbocycles. The molecule has 0 aliphatic carbocycles. The summed E-state index contributed by atoms with van der Waals surface area (Å²) in [6.07, 6.45) is 1.90. The second kappa shape index (κ2) is 6.74. The van der Waals surface area contributed by atoms with Crippen LogP contribution < -0.4 is 16.2 Å². The molecule has 0 saturated heterocycles. The molecule has 1 rings (SSSR count). The maximum atomic E-state index is 11.3. The smallest absolute Gasteiger partial charge is 0.238 e. The van der Waals surface area contributed by atoms with Gasteiger partial charge in [0.15, 0.2) is 0 Å². The van der Waals surface area contributed by atoms with E-state index in [1.807, 2.05) is 0 Å². The summed E-state index contributed by atoms with van der Waals surface area (Å²) in [5, 5.41) is 8.32. The van der Waals surface area contributed by atoms with Gasteiger partial charge < -0.3 is 15.8 Å². The lowest BCUT2D eigenvalue weighted by molar-refractivity contribution is 0.182. The maximum Gasteiger partial charge on any atom is 0.238 e. The van der Waals surface area contributed by atoms with Gasteiger partial charge in [-0.1, -0.05) is 13.3 Å². The largest absolute Gasteiger partial charge is 0.399 e. The summed E-state index contributed by atoms with van der Waals surface area (Å²) in [6.45, 7) is 2.60. The van der Waals surface area contributed by atoms with E-state index < -0.39 is 10.0 Å². The van der Waals surface area contributed by atoms with E-state index in [-0.39, 0.29) is 10.9 Å². The fraction of sp³-hybridized carbons (Fsp3) is 0.500. The van der Waals surface area contributed by atoms with Crippen LogP contribution in [-0.4, -0.2) is 28.2 Å². The quantitative estimate of drug-likeness (QED) is 0.652. The molecule has 1 aromatic carbocycles. The van der Waals surface area contributed by atoms with E-state index in [1.165, 1.54) is 12.1 Å². The van der Waals surface area contributed by atoms with Gasteiger partial charge in [0.25, 0.3) is 0 Å². The van der Waals surface area contributed by atoms with Crippen LogP contribution in [0.15, 0.2) is 23.1 Å². The van der Waals surface area contributed by atoms with Crippen molar-refractivity contribution in [3.05, 3.63) is 18.2 Å². The summed E-state index contributed by atoms with van der Waals surface area (Å²) in [4.78, 5) is 0.00247. The molecule has 0 fully saturated rings. The average Bonchev–Trinajstić information content (AvgIpc) is 2.27. The highest BCUT2D eigenvalue weighted by molar-refractivity contribution is 7.89. The summed E-state index contributed by atoms with van der Waals surface area (Å²) in [5.41, 5.74) is 6.66. The Kier molecular flexibility index (Phi) is 5.59. The Morgan fingerprint density at radius 1 is 1.37 bits per heavy atom. The molecule has 6 nitrogen and oxygen atoms in total. The molecule has 0 spiro atoms. The predicted molar refractivity (Wildman–Crippen MR) is 76.4 cm³/mol. The van der Waals surface area contributed by atoms with Crippen LogP contribution in [0.3, 0.4) is 0 Å². The standard InChI is InChI=1S/C12H21N3O3S/c1-3-4-10(8-18-2)15-11-5-9(13)6-12(7-11)19(14,16)17/h5-7,10,15H,3-4,8,13H2,1-2H3,(H2,14,16,17). The lowest BCUT2D eigenvalue weighted by Crippen LogP contribution is -2.25. The number of nitrogen functional groups attached to an aromatic ring is 1. The number of hydrogen-bond donors (Lipinski definition) is 3. The van der Waals surface area contributed by atoms with Crippen LogP contribution in [0, 0.1) is 0 Å². The molecule has 1 atom stereocenters. The third kappa shape index (κ3) is 5.06. The van der Waals surface area contributed by atoms with E-state index >= 15 is 0 Å². The van der Waals surface area contributed by atoms with Gasteiger partial charge in [-0.05, 0) is 24.6 Å². The van der Waals surface area contributed by atoms with Gasteiger partial charge in [-0.3, -0.25) is 0 Å². The highest BCUT2D eigenvalue weighted by Crippen LogP contribution is 2.21. The van der Waals surface area contributed by atoms with Gasteiger partial charge in [-0.15, -0.1) is 0 Å². The number of primary sulfonamides is 1. The number of sulfonamides is 1. The van der Waals surface area contributed by atoms with Crippen molar-refractivity contribution >= 4 is 21.4 Å². The molecule has 0 amide bonds. The van der Waals surface area contributed by atoms with E-state index in [0.717, 1.165) is 12.8 Å². The monoisotopic (exact) mass is 287 g/mol. The van der Waals surface area contributed by atoms with Crippen molar-refractivity contribution in [1.82, 2.24) is 0 Å². The van der Waals surface area contributed by atoms with Gasteiger partial charge in [0.2, 0.25) is 10.0 Å². The van der Waals surface area contributed by atoms with Crippen molar-refractivity contribution in [2.75, 3.05) is 24.8 Å². The Hall–Kier alpha value is -1.31. The fourth-order valence-corrected chi connectivity index (χ4v) is 2.44. The SMILES string of the molecule is CCCC(COC)Nc1cc(N)cc(S(N)(=O)=O)c1. The number of hydrogen-bond acceptors (Lipinski definition) is 5. The summed E-state index contributed by atoms with van der Waals surface area (Å²) >= 11 is 0. The minimum absolute atomic E-state index is 0.00247. The molecule has 0 aliphatic heterocycles. The summed E-state index contributed by atoms with van der Waals surface area (Å²) in [5.74, 6) is 0. The molecule has 0 bridgehead atoms. The molecule has 19 heavy (non-hydrogen) atoms. The number of rotatable bonds is 7. The molecular formula is C12H21N3O3S. The van der Waals surface area contributed by atoms with Gasteiger partial charge in [-0.2, -0.15) is 0 Å². The Morgan fingerprint density at radius 2 is 2.05 bits per heavy atom. The van der Waals surface area contributed by atoms with E-state index in [1.54, 1.807) is 13.2 Å². The van der Waals surface area contributed by atoms with E-state index in [4.69, 9.17) is 15.6 Å². The molecule has 0 radical (unpaired) electrons. The maximum absolute atomic E-state index is 11.3. The highest BCUT2D eigenvalue weighted by Gasteiger charge is 2.12. The van der Waals surface area contributed by atoms with Crippen molar-refractivity contribution in [2.45, 2.75) is 30.7 Å². The molecule has 0 aromatic heterocycles. The van der Waals surface area contributed by atoms with Crippen LogP contribution in [0.4, 0.5) is 11.4 Å². The minimum Gasteiger partial charge on any atom is -0.399 e. The molecule has 0 heterocycles. The Labute approximate surface area is 114 Å². The summed E-state index contributed by atoms with van der Waals surface area (Å²) in [7, 11) is -2.13. The number of nitrogens with two attached hydrogens (primary N) is 2. The second-order valence-electron chi connectivity index (χ2n) is 4.42. The Morgan fingerprint density at radius 3 is 2.58 bits per heavy atom. The summed E-state index contributed by atoms with van der Waals surface area (Å²) < 4.78 is 27.8. The van der Waals surface area contributed by atoms with Crippen LogP contribution >= 0.6 is 0 Å². The Bertz CT molecular complexity index is 511. The van der Waals surface area contributed by atoms with Gasteiger partial charge in [-0.25, -0.2) is 13.6 Å². The number of methoxy groups -OCH3 is 1. The number of benzene rings is 1. The topological polar surface area (TPSA) is 107 Å². The van der Waals surface area contributed by atoms with E-state index in [9.17, 15) is 8.42 Å². The molecule has 0 aliphatic rings. The lowest BCUT2D eigenvalue weighted by Gasteiger charge is -2.19. The minimum atomic E-state index is -3.76. The highest BCUT2D eigenvalue weighted by atomic mass is 32.2. The third-order valence-electron chi connectivity index (χ3n) is 2.63. The number of nitrogens with one attached hydrogen (secondary N) is 1. The van der Waals surface area contributed by atoms with E-state index in [0.29, 0.717) is 18.0 Å². The molecule has 108 valence electrons. The second-order valence-corrected chi connectivity index (χ2v) is 5.98. The van der Waals surface area contributed by atoms with Crippen molar-refractivity contribution in [1.29, 1.82) is 0 Å². The van der Waals surface area contributed by atoms with Crippen molar-refractivity contribution in [3.63, 3.8) is 0 Å². The third-order valence-corrected chi connectivity index (χ3v) is 3.53. The van der Waals surface area contributed by atoms with Crippen LogP contribution in [0.25, 0.3) is 0 Å². The molecular weight excluding hydrogens is 266 g/mol.